The Morgan fingerprint density at radius 3 is 3.12 bits per heavy atom. The van der Waals surface area contributed by atoms with Gasteiger partial charge in [-0.3, -0.25) is 4.68 Å². The molecule has 1 saturated heterocycles. The summed E-state index contributed by atoms with van der Waals surface area (Å²) in [4.78, 5) is 0. The molecule has 0 aliphatic carbocycles. The smallest absolute Gasteiger partial charge is 0.0640 e. The van der Waals surface area contributed by atoms with Crippen molar-refractivity contribution < 1.29 is 0 Å². The number of aromatic nitrogens is 2. The Labute approximate surface area is 105 Å². The van der Waals surface area contributed by atoms with Crippen LogP contribution in [0.15, 0.2) is 12.3 Å². The summed E-state index contributed by atoms with van der Waals surface area (Å²) in [6.45, 7) is 7.94. The molecule has 0 saturated carbocycles. The zero-order valence-corrected chi connectivity index (χ0v) is 11.3. The molecule has 2 heterocycles. The highest BCUT2D eigenvalue weighted by atomic mass is 15.3. The summed E-state index contributed by atoms with van der Waals surface area (Å²) in [5.74, 6) is 0.775. The first-order chi connectivity index (χ1) is 8.20. The summed E-state index contributed by atoms with van der Waals surface area (Å²) >= 11 is 0. The fourth-order valence-electron chi connectivity index (χ4n) is 2.53. The second-order valence-corrected chi connectivity index (χ2v) is 5.43. The molecule has 0 aromatic carbocycles. The summed E-state index contributed by atoms with van der Waals surface area (Å²) in [5, 5.41) is 8.31. The van der Waals surface area contributed by atoms with Crippen LogP contribution in [0.5, 0.6) is 0 Å². The highest BCUT2D eigenvalue weighted by molar-refractivity contribution is 5.03. The van der Waals surface area contributed by atoms with Gasteiger partial charge in [-0.15, -0.1) is 0 Å². The molecular weight excluding hydrogens is 210 g/mol. The third-order valence-electron chi connectivity index (χ3n) is 4.06. The lowest BCUT2D eigenvalue weighted by Crippen LogP contribution is -2.41. The van der Waals surface area contributed by atoms with Crippen LogP contribution in [0.1, 0.15) is 51.8 Å². The van der Waals surface area contributed by atoms with E-state index in [9.17, 15) is 0 Å². The maximum absolute atomic E-state index is 4.69. The van der Waals surface area contributed by atoms with Crippen molar-refractivity contribution in [2.75, 3.05) is 6.54 Å². The van der Waals surface area contributed by atoms with Crippen molar-refractivity contribution in [2.24, 2.45) is 5.92 Å². The number of piperidine rings is 1. The molecule has 0 spiro atoms. The van der Waals surface area contributed by atoms with E-state index in [0.29, 0.717) is 12.1 Å². The lowest BCUT2D eigenvalue weighted by atomic mass is 9.90. The van der Waals surface area contributed by atoms with Crippen molar-refractivity contribution in [3.63, 3.8) is 0 Å². The second-order valence-electron chi connectivity index (χ2n) is 5.43. The summed E-state index contributed by atoms with van der Waals surface area (Å²) < 4.78 is 2.10. The van der Waals surface area contributed by atoms with E-state index in [2.05, 4.69) is 48.1 Å². The van der Waals surface area contributed by atoms with E-state index in [1.54, 1.807) is 0 Å². The summed E-state index contributed by atoms with van der Waals surface area (Å²) in [6, 6.07) is 3.30. The third kappa shape index (κ3) is 3.09. The normalized spacial score (nSPS) is 27.0. The monoisotopic (exact) mass is 235 g/mol. The van der Waals surface area contributed by atoms with Crippen LogP contribution in [0.3, 0.4) is 0 Å². The van der Waals surface area contributed by atoms with Crippen LogP contribution in [0.2, 0.25) is 0 Å². The average Bonchev–Trinajstić information content (AvgIpc) is 2.80. The molecule has 3 nitrogen and oxygen atoms in total. The van der Waals surface area contributed by atoms with Gasteiger partial charge in [-0.05, 0) is 44.7 Å². The quantitative estimate of drug-likeness (QED) is 0.869. The van der Waals surface area contributed by atoms with Crippen LogP contribution < -0.4 is 5.32 Å². The van der Waals surface area contributed by atoms with Gasteiger partial charge in [0.25, 0.3) is 0 Å². The van der Waals surface area contributed by atoms with Gasteiger partial charge in [0, 0.05) is 24.7 Å². The number of nitrogens with zero attached hydrogens (tertiary/aromatic N) is 2. The molecule has 2 rings (SSSR count). The highest BCUT2D eigenvalue weighted by Crippen LogP contribution is 2.19. The minimum atomic E-state index is 0.514. The topological polar surface area (TPSA) is 29.9 Å². The van der Waals surface area contributed by atoms with Crippen LogP contribution in [-0.2, 0) is 6.42 Å². The van der Waals surface area contributed by atoms with Crippen molar-refractivity contribution in [1.82, 2.24) is 15.1 Å². The van der Waals surface area contributed by atoms with E-state index in [0.717, 1.165) is 18.8 Å². The Balaban J connectivity index is 1.96. The number of nitrogens with one attached hydrogen (secondary N) is 1. The van der Waals surface area contributed by atoms with Gasteiger partial charge in [0.15, 0.2) is 0 Å². The number of hydrogen-bond donors (Lipinski definition) is 1. The molecule has 1 fully saturated rings. The Hall–Kier alpha value is -0.830. The zero-order chi connectivity index (χ0) is 12.3. The average molecular weight is 235 g/mol. The van der Waals surface area contributed by atoms with Crippen LogP contribution in [0, 0.1) is 5.92 Å². The molecule has 17 heavy (non-hydrogen) atoms. The number of hydrogen-bond acceptors (Lipinski definition) is 2. The van der Waals surface area contributed by atoms with Crippen molar-refractivity contribution in [3.05, 3.63) is 18.0 Å². The van der Waals surface area contributed by atoms with E-state index in [1.165, 1.54) is 25.1 Å². The van der Waals surface area contributed by atoms with Gasteiger partial charge >= 0.3 is 0 Å². The molecule has 3 atom stereocenters. The molecule has 3 unspecified atom stereocenters. The fraction of sp³-hybridized carbons (Fsp3) is 0.786. The molecule has 0 amide bonds. The first-order valence-electron chi connectivity index (χ1n) is 6.98. The lowest BCUT2D eigenvalue weighted by molar-refractivity contribution is 0.296. The van der Waals surface area contributed by atoms with E-state index in [4.69, 9.17) is 0 Å². The van der Waals surface area contributed by atoms with Crippen LogP contribution in [0.25, 0.3) is 0 Å². The van der Waals surface area contributed by atoms with Crippen molar-refractivity contribution in [3.8, 4) is 0 Å². The largest absolute Gasteiger partial charge is 0.313 e. The van der Waals surface area contributed by atoms with Crippen LogP contribution in [-0.4, -0.2) is 22.4 Å². The van der Waals surface area contributed by atoms with Gasteiger partial charge in [-0.1, -0.05) is 13.8 Å². The van der Waals surface area contributed by atoms with Crippen LogP contribution in [0.4, 0.5) is 0 Å². The van der Waals surface area contributed by atoms with Crippen molar-refractivity contribution in [2.45, 2.75) is 58.5 Å². The first-order valence-corrected chi connectivity index (χ1v) is 6.98. The second kappa shape index (κ2) is 5.67. The SMILES string of the molecule is CCC(C)n1ccc(CC2NCCCC2C)n1. The lowest BCUT2D eigenvalue weighted by Gasteiger charge is -2.29. The minimum absolute atomic E-state index is 0.514. The highest BCUT2D eigenvalue weighted by Gasteiger charge is 2.21. The van der Waals surface area contributed by atoms with Crippen molar-refractivity contribution in [1.29, 1.82) is 0 Å². The predicted molar refractivity (Wildman–Crippen MR) is 71.1 cm³/mol. The molecule has 1 aliphatic rings. The zero-order valence-electron chi connectivity index (χ0n) is 11.3. The summed E-state index contributed by atoms with van der Waals surface area (Å²) in [7, 11) is 0. The van der Waals surface area contributed by atoms with Gasteiger partial charge in [0.1, 0.15) is 0 Å². The molecule has 0 radical (unpaired) electrons. The molecule has 0 bridgehead atoms. The molecule has 3 heteroatoms. The summed E-state index contributed by atoms with van der Waals surface area (Å²) in [6.07, 6.45) is 7.00. The number of rotatable bonds is 4. The Morgan fingerprint density at radius 2 is 2.41 bits per heavy atom. The van der Waals surface area contributed by atoms with Gasteiger partial charge in [-0.25, -0.2) is 0 Å². The minimum Gasteiger partial charge on any atom is -0.313 e. The standard InChI is InChI=1S/C14H25N3/c1-4-12(3)17-9-7-13(16-17)10-14-11(2)6-5-8-15-14/h7,9,11-12,14-15H,4-6,8,10H2,1-3H3. The van der Waals surface area contributed by atoms with E-state index >= 15 is 0 Å². The maximum atomic E-state index is 4.69. The van der Waals surface area contributed by atoms with E-state index < -0.39 is 0 Å². The van der Waals surface area contributed by atoms with Gasteiger partial charge in [0.05, 0.1) is 5.69 Å². The Bertz CT molecular complexity index is 345. The molecule has 1 aliphatic heterocycles. The predicted octanol–water partition coefficient (Wildman–Crippen LogP) is 2.78. The van der Waals surface area contributed by atoms with Crippen molar-refractivity contribution >= 4 is 0 Å². The molecule has 96 valence electrons. The maximum Gasteiger partial charge on any atom is 0.0640 e. The van der Waals surface area contributed by atoms with E-state index in [-0.39, 0.29) is 0 Å². The fourth-order valence-corrected chi connectivity index (χ4v) is 2.53. The molecule has 1 N–H and O–H groups in total. The Kier molecular flexibility index (Phi) is 4.21. The Morgan fingerprint density at radius 1 is 1.59 bits per heavy atom. The molecule has 1 aromatic heterocycles. The first kappa shape index (κ1) is 12.6. The van der Waals surface area contributed by atoms with E-state index in [1.807, 2.05) is 0 Å². The molecular formula is C14H25N3. The third-order valence-corrected chi connectivity index (χ3v) is 4.06. The molecule has 1 aromatic rings. The van der Waals surface area contributed by atoms with Crippen LogP contribution >= 0.6 is 0 Å². The van der Waals surface area contributed by atoms with Gasteiger partial charge < -0.3 is 5.32 Å². The van der Waals surface area contributed by atoms with Gasteiger partial charge in [0.2, 0.25) is 0 Å². The van der Waals surface area contributed by atoms with Gasteiger partial charge in [-0.2, -0.15) is 5.10 Å². The summed E-state index contributed by atoms with van der Waals surface area (Å²) in [5.41, 5.74) is 1.23.